The molecule has 0 bridgehead atoms. The minimum absolute atomic E-state index is 0.103. The number of H-pyrrole nitrogens is 2. The summed E-state index contributed by atoms with van der Waals surface area (Å²) >= 11 is 0. The van der Waals surface area contributed by atoms with E-state index in [0.29, 0.717) is 12.1 Å². The number of hydrogen-bond donors (Lipinski definition) is 3. The molecule has 0 fully saturated rings. The predicted molar refractivity (Wildman–Crippen MR) is 151 cm³/mol. The highest BCUT2D eigenvalue weighted by atomic mass is 16.3. The van der Waals surface area contributed by atoms with Gasteiger partial charge in [0.1, 0.15) is 11.2 Å². The number of nitrogens with zero attached hydrogens (tertiary/aromatic N) is 3. The van der Waals surface area contributed by atoms with Crippen LogP contribution in [0.2, 0.25) is 0 Å². The fourth-order valence-electron chi connectivity index (χ4n) is 4.83. The smallest absolute Gasteiger partial charge is 0.228 e. The van der Waals surface area contributed by atoms with Gasteiger partial charge in [-0.3, -0.25) is 14.9 Å². The van der Waals surface area contributed by atoms with Crippen LogP contribution < -0.4 is 5.32 Å². The van der Waals surface area contributed by atoms with E-state index in [9.17, 15) is 4.79 Å². The van der Waals surface area contributed by atoms with E-state index in [0.717, 1.165) is 61.3 Å². The van der Waals surface area contributed by atoms with E-state index in [4.69, 9.17) is 9.40 Å². The van der Waals surface area contributed by atoms with E-state index in [2.05, 4.69) is 37.6 Å². The first-order chi connectivity index (χ1) is 19.2. The lowest BCUT2D eigenvalue weighted by molar-refractivity contribution is -0.115. The van der Waals surface area contributed by atoms with Crippen molar-refractivity contribution in [3.8, 4) is 33.8 Å². The van der Waals surface area contributed by atoms with E-state index < -0.39 is 0 Å². The molecule has 8 heteroatoms. The maximum atomic E-state index is 12.6. The summed E-state index contributed by atoms with van der Waals surface area (Å²) in [7, 11) is 0. The van der Waals surface area contributed by atoms with Crippen molar-refractivity contribution in [3.63, 3.8) is 0 Å². The lowest BCUT2D eigenvalue weighted by Gasteiger charge is -2.07. The van der Waals surface area contributed by atoms with Crippen molar-refractivity contribution in [1.82, 2.24) is 25.1 Å². The lowest BCUT2D eigenvalue weighted by Crippen LogP contribution is -2.14. The molecule has 8 nitrogen and oxygen atoms in total. The second-order valence-electron chi connectivity index (χ2n) is 9.30. The van der Waals surface area contributed by atoms with Gasteiger partial charge >= 0.3 is 0 Å². The summed E-state index contributed by atoms with van der Waals surface area (Å²) in [6.45, 7) is 0. The Hall–Kier alpha value is -5.50. The van der Waals surface area contributed by atoms with Crippen LogP contribution in [0.15, 0.2) is 108 Å². The van der Waals surface area contributed by atoms with Crippen molar-refractivity contribution >= 4 is 33.5 Å². The Morgan fingerprint density at radius 3 is 2.69 bits per heavy atom. The van der Waals surface area contributed by atoms with Gasteiger partial charge in [0.05, 0.1) is 47.7 Å². The molecular formula is C31H22N6O2. The highest BCUT2D eigenvalue weighted by molar-refractivity contribution is 6.00. The summed E-state index contributed by atoms with van der Waals surface area (Å²) in [5.41, 5.74) is 9.32. The molecular weight excluding hydrogens is 488 g/mol. The molecule has 3 N–H and O–H groups in total. The molecule has 1 amide bonds. The molecule has 188 valence electrons. The van der Waals surface area contributed by atoms with Crippen molar-refractivity contribution < 1.29 is 9.21 Å². The lowest BCUT2D eigenvalue weighted by atomic mass is 10.0. The Labute approximate surface area is 222 Å². The number of amides is 1. The fourth-order valence-corrected chi connectivity index (χ4v) is 4.83. The Kier molecular flexibility index (Phi) is 5.48. The van der Waals surface area contributed by atoms with Gasteiger partial charge in [-0.1, -0.05) is 42.5 Å². The number of pyridine rings is 2. The van der Waals surface area contributed by atoms with Gasteiger partial charge in [-0.15, -0.1) is 0 Å². The molecule has 2 aromatic carbocycles. The minimum atomic E-state index is -0.103. The molecule has 0 aliphatic heterocycles. The molecule has 39 heavy (non-hydrogen) atoms. The Bertz CT molecular complexity index is 1940. The zero-order valence-electron chi connectivity index (χ0n) is 20.7. The molecule has 0 radical (unpaired) electrons. The largest absolute Gasteiger partial charge is 0.472 e. The zero-order valence-corrected chi connectivity index (χ0v) is 20.7. The fraction of sp³-hybridized carbons (Fsp3) is 0.0323. The number of aromatic amines is 2. The van der Waals surface area contributed by atoms with Crippen molar-refractivity contribution in [1.29, 1.82) is 0 Å². The summed E-state index contributed by atoms with van der Waals surface area (Å²) in [5, 5.41) is 11.7. The normalized spacial score (nSPS) is 11.3. The van der Waals surface area contributed by atoms with E-state index in [1.54, 1.807) is 24.9 Å². The molecule has 0 spiro atoms. The van der Waals surface area contributed by atoms with Crippen molar-refractivity contribution in [2.75, 3.05) is 5.32 Å². The van der Waals surface area contributed by atoms with E-state index in [-0.39, 0.29) is 5.91 Å². The monoisotopic (exact) mass is 510 g/mol. The number of hydrogen-bond acceptors (Lipinski definition) is 5. The highest BCUT2D eigenvalue weighted by Crippen LogP contribution is 2.34. The molecule has 0 atom stereocenters. The van der Waals surface area contributed by atoms with E-state index in [1.807, 2.05) is 66.7 Å². The molecule has 7 rings (SSSR count). The van der Waals surface area contributed by atoms with Crippen molar-refractivity contribution in [3.05, 3.63) is 109 Å². The van der Waals surface area contributed by atoms with Crippen LogP contribution in [-0.4, -0.2) is 31.1 Å². The summed E-state index contributed by atoms with van der Waals surface area (Å²) in [6, 6.07) is 25.6. The summed E-state index contributed by atoms with van der Waals surface area (Å²) in [4.78, 5) is 25.3. The van der Waals surface area contributed by atoms with Crippen LogP contribution in [0, 0.1) is 0 Å². The van der Waals surface area contributed by atoms with Gasteiger partial charge in [0.15, 0.2) is 0 Å². The maximum Gasteiger partial charge on any atom is 0.228 e. The number of nitrogens with one attached hydrogen (secondary N) is 3. The highest BCUT2D eigenvalue weighted by Gasteiger charge is 2.16. The van der Waals surface area contributed by atoms with E-state index in [1.165, 1.54) is 0 Å². The third-order valence-corrected chi connectivity index (χ3v) is 6.68. The van der Waals surface area contributed by atoms with Crippen LogP contribution in [0.1, 0.15) is 5.56 Å². The van der Waals surface area contributed by atoms with Crippen molar-refractivity contribution in [2.45, 2.75) is 6.42 Å². The minimum Gasteiger partial charge on any atom is -0.472 e. The molecule has 5 heterocycles. The number of carbonyl (C=O) groups is 1. The number of aromatic nitrogens is 5. The topological polar surface area (TPSA) is 112 Å². The first-order valence-corrected chi connectivity index (χ1v) is 12.5. The molecule has 0 saturated heterocycles. The molecule has 0 saturated carbocycles. The van der Waals surface area contributed by atoms with Gasteiger partial charge < -0.3 is 14.7 Å². The Morgan fingerprint density at radius 1 is 0.897 bits per heavy atom. The number of anilines is 1. The average Bonchev–Trinajstić information content (AvgIpc) is 3.73. The van der Waals surface area contributed by atoms with E-state index >= 15 is 0 Å². The third kappa shape index (κ3) is 4.34. The number of benzene rings is 2. The third-order valence-electron chi connectivity index (χ3n) is 6.68. The first-order valence-electron chi connectivity index (χ1n) is 12.5. The second kappa shape index (κ2) is 9.42. The molecule has 5 aromatic heterocycles. The second-order valence-corrected chi connectivity index (χ2v) is 9.30. The SMILES string of the molecule is O=C(Cc1ccccc1)Nc1cncc(-c2ccc3[nH]nc(-c4cc5c(-c6ccoc6)cccc5[nH]4)c3n2)c1. The van der Waals surface area contributed by atoms with Crippen LogP contribution in [0.4, 0.5) is 5.69 Å². The zero-order chi connectivity index (χ0) is 26.2. The van der Waals surface area contributed by atoms with Crippen LogP contribution in [0.5, 0.6) is 0 Å². The van der Waals surface area contributed by atoms with Gasteiger partial charge in [-0.2, -0.15) is 5.10 Å². The quantitative estimate of drug-likeness (QED) is 0.233. The molecule has 0 aliphatic carbocycles. The maximum absolute atomic E-state index is 12.6. The average molecular weight is 511 g/mol. The Balaban J connectivity index is 1.21. The summed E-state index contributed by atoms with van der Waals surface area (Å²) in [5.74, 6) is -0.103. The predicted octanol–water partition coefficient (Wildman–Crippen LogP) is 6.61. The summed E-state index contributed by atoms with van der Waals surface area (Å²) < 4.78 is 5.30. The number of rotatable bonds is 6. The standard InChI is InChI=1S/C31H22N6O2/c38-29(13-19-5-2-1-3-6-19)33-22-14-21(16-32-17-22)25-9-10-27-30(35-25)31(37-36-27)28-15-24-23(20-11-12-39-18-20)7-4-8-26(24)34-28/h1-12,14-18,34H,13H2,(H,33,38)(H,36,37). The van der Waals surface area contributed by atoms with Crippen LogP contribution in [0.25, 0.3) is 55.7 Å². The van der Waals surface area contributed by atoms with Gasteiger partial charge in [0, 0.05) is 28.2 Å². The number of furan rings is 1. The number of carbonyl (C=O) groups excluding carboxylic acids is 1. The number of fused-ring (bicyclic) bond motifs is 2. The molecule has 7 aromatic rings. The van der Waals surface area contributed by atoms with Gasteiger partial charge in [-0.05, 0) is 47.5 Å². The van der Waals surface area contributed by atoms with Gasteiger partial charge in [-0.25, -0.2) is 4.98 Å². The Morgan fingerprint density at radius 2 is 1.82 bits per heavy atom. The van der Waals surface area contributed by atoms with Crippen LogP contribution in [0.3, 0.4) is 0 Å². The van der Waals surface area contributed by atoms with Gasteiger partial charge in [0.25, 0.3) is 0 Å². The molecule has 0 unspecified atom stereocenters. The molecule has 0 aliphatic rings. The van der Waals surface area contributed by atoms with Crippen molar-refractivity contribution in [2.24, 2.45) is 0 Å². The summed E-state index contributed by atoms with van der Waals surface area (Å²) in [6.07, 6.45) is 7.08. The van der Waals surface area contributed by atoms with Crippen LogP contribution >= 0.6 is 0 Å². The first kappa shape index (κ1) is 22.7. The van der Waals surface area contributed by atoms with Crippen LogP contribution in [-0.2, 0) is 11.2 Å². The van der Waals surface area contributed by atoms with Gasteiger partial charge in [0.2, 0.25) is 5.91 Å².